The molecule has 2 fully saturated rings. The van der Waals surface area contributed by atoms with E-state index in [0.717, 1.165) is 10.8 Å². The van der Waals surface area contributed by atoms with Gasteiger partial charge in [-0.3, -0.25) is 29.3 Å². The number of hydrogen-bond donors (Lipinski definition) is 5. The van der Waals surface area contributed by atoms with Crippen molar-refractivity contribution >= 4 is 69.1 Å². The van der Waals surface area contributed by atoms with E-state index < -0.39 is 23.2 Å². The maximum absolute atomic E-state index is 14.6. The minimum atomic E-state index is -0.760. The first-order valence-corrected chi connectivity index (χ1v) is 22.3. The minimum Gasteiger partial charge on any atom is -0.487 e. The van der Waals surface area contributed by atoms with Gasteiger partial charge in [0.2, 0.25) is 23.6 Å². The third kappa shape index (κ3) is 12.1. The van der Waals surface area contributed by atoms with Crippen molar-refractivity contribution in [1.82, 2.24) is 30.8 Å². The molecule has 2 aromatic carbocycles. The Bertz CT molecular complexity index is 2260. The van der Waals surface area contributed by atoms with Crippen LogP contribution in [-0.4, -0.2) is 103 Å². The second-order valence-corrected chi connectivity index (χ2v) is 16.9. The standard InChI is InChI=1S/C44H50ClFN8O8S/c45-33-5-2-6-35(39(33)46)62-31-12-14-44(15-13-31,25-30-4-1-7-36(50-30)52-43-49-18-23-63-43)42(59)48-17-20-61-22-21-60-19-3-16-47-26-38(56)51-29-8-9-32-28(24-29)27-54(41(32)58)34-10-11-37(55)53-40(34)57/h1-2,4-9,18,23-24,31,34,47H,3,10-17,19-22,25-27H2,(H,48,59)(H,51,56)(H,49,50,52)(H,53,55,57). The first kappa shape index (κ1) is 45.5. The number of rotatable bonds is 21. The predicted octanol–water partition coefficient (Wildman–Crippen LogP) is 5.15. The fourth-order valence-electron chi connectivity index (χ4n) is 7.99. The number of aromatic nitrogens is 2. The van der Waals surface area contributed by atoms with Gasteiger partial charge in [0.15, 0.2) is 16.7 Å². The minimum absolute atomic E-state index is 0.00425. The molecule has 2 aromatic heterocycles. The molecular weight excluding hydrogens is 855 g/mol. The lowest BCUT2D eigenvalue weighted by atomic mass is 9.69. The van der Waals surface area contributed by atoms with Crippen LogP contribution in [0.3, 0.4) is 0 Å². The average Bonchev–Trinajstić information content (AvgIpc) is 3.90. The molecule has 1 atom stereocenters. The molecule has 1 aliphatic carbocycles. The predicted molar refractivity (Wildman–Crippen MR) is 233 cm³/mol. The zero-order valence-electron chi connectivity index (χ0n) is 34.6. The number of benzene rings is 2. The zero-order valence-corrected chi connectivity index (χ0v) is 36.2. The molecule has 0 spiro atoms. The molecule has 3 aliphatic rings. The van der Waals surface area contributed by atoms with Gasteiger partial charge in [0.05, 0.1) is 42.9 Å². The maximum Gasteiger partial charge on any atom is 0.255 e. The van der Waals surface area contributed by atoms with Gasteiger partial charge in [-0.2, -0.15) is 0 Å². The molecule has 5 N–H and O–H groups in total. The summed E-state index contributed by atoms with van der Waals surface area (Å²) in [4.78, 5) is 73.8. The fraction of sp³-hybridized carbons (Fsp3) is 0.432. The van der Waals surface area contributed by atoms with Gasteiger partial charge in [-0.05, 0) is 93.1 Å². The van der Waals surface area contributed by atoms with Gasteiger partial charge in [-0.15, -0.1) is 11.3 Å². The van der Waals surface area contributed by atoms with Crippen LogP contribution in [0.1, 0.15) is 66.6 Å². The Hall–Kier alpha value is -5.53. The van der Waals surface area contributed by atoms with E-state index in [2.05, 4.69) is 31.6 Å². The summed E-state index contributed by atoms with van der Waals surface area (Å²) in [5, 5.41) is 17.1. The number of anilines is 3. The number of carbonyl (C=O) groups is 5. The Morgan fingerprint density at radius 1 is 0.984 bits per heavy atom. The molecule has 19 heteroatoms. The average molecular weight is 905 g/mol. The summed E-state index contributed by atoms with van der Waals surface area (Å²) in [6.45, 7) is 2.64. The van der Waals surface area contributed by atoms with Crippen molar-refractivity contribution in [3.8, 4) is 5.75 Å². The zero-order chi connectivity index (χ0) is 44.2. The molecule has 5 amide bonds. The number of halogens is 2. The first-order valence-electron chi connectivity index (χ1n) is 21.0. The van der Waals surface area contributed by atoms with Gasteiger partial charge in [0.1, 0.15) is 11.9 Å². The van der Waals surface area contributed by atoms with Gasteiger partial charge in [0.25, 0.3) is 5.91 Å². The summed E-state index contributed by atoms with van der Waals surface area (Å²) in [6, 6.07) is 14.7. The number of hydrogen-bond acceptors (Lipinski definition) is 13. The van der Waals surface area contributed by atoms with Gasteiger partial charge < -0.3 is 40.4 Å². The Morgan fingerprint density at radius 2 is 1.79 bits per heavy atom. The van der Waals surface area contributed by atoms with E-state index in [-0.39, 0.29) is 66.4 Å². The first-order chi connectivity index (χ1) is 30.6. The van der Waals surface area contributed by atoms with Crippen molar-refractivity contribution in [2.45, 2.75) is 70.1 Å². The summed E-state index contributed by atoms with van der Waals surface area (Å²) >= 11 is 7.44. The quantitative estimate of drug-likeness (QED) is 0.0545. The monoisotopic (exact) mass is 904 g/mol. The summed E-state index contributed by atoms with van der Waals surface area (Å²) in [6.07, 6.45) is 5.09. The van der Waals surface area contributed by atoms with Crippen molar-refractivity contribution in [2.24, 2.45) is 5.41 Å². The molecule has 63 heavy (non-hydrogen) atoms. The topological polar surface area (TPSA) is 202 Å². The van der Waals surface area contributed by atoms with Crippen LogP contribution < -0.4 is 31.3 Å². The van der Waals surface area contributed by atoms with Crippen molar-refractivity contribution in [3.63, 3.8) is 0 Å². The smallest absolute Gasteiger partial charge is 0.255 e. The molecule has 1 unspecified atom stereocenters. The SMILES string of the molecule is O=C1CCC(N2Cc3cc(NC(=O)CNCCCOCCOCCNC(=O)C4(Cc5cccc(Nc6nccs6)n5)CCC(Oc5cccc(Cl)c5F)CC4)ccc3C2=O)C(=O)N1. The molecule has 2 aliphatic heterocycles. The third-order valence-corrected chi connectivity index (χ3v) is 12.2. The Labute approximate surface area is 373 Å². The number of carbonyl (C=O) groups excluding carboxylic acids is 5. The van der Waals surface area contributed by atoms with Gasteiger partial charge in [-0.1, -0.05) is 23.7 Å². The third-order valence-electron chi connectivity index (χ3n) is 11.2. The molecule has 16 nitrogen and oxygen atoms in total. The van der Waals surface area contributed by atoms with Gasteiger partial charge in [0, 0.05) is 61.1 Å². The van der Waals surface area contributed by atoms with Crippen molar-refractivity contribution in [1.29, 1.82) is 0 Å². The van der Waals surface area contributed by atoms with Crippen LogP contribution in [0.2, 0.25) is 5.02 Å². The van der Waals surface area contributed by atoms with Crippen molar-refractivity contribution in [3.05, 3.63) is 93.8 Å². The number of nitrogens with one attached hydrogen (secondary N) is 5. The highest BCUT2D eigenvalue weighted by molar-refractivity contribution is 7.13. The number of amides is 5. The number of thiazole rings is 1. The molecule has 0 radical (unpaired) electrons. The highest BCUT2D eigenvalue weighted by Crippen LogP contribution is 2.41. The van der Waals surface area contributed by atoms with E-state index in [1.165, 1.54) is 22.3 Å². The van der Waals surface area contributed by atoms with E-state index in [4.69, 9.17) is 30.8 Å². The summed E-state index contributed by atoms with van der Waals surface area (Å²) in [5.74, 6) is -1.28. The van der Waals surface area contributed by atoms with Crippen LogP contribution in [-0.2, 0) is 41.6 Å². The van der Waals surface area contributed by atoms with Crippen LogP contribution in [0, 0.1) is 11.2 Å². The van der Waals surface area contributed by atoms with Gasteiger partial charge >= 0.3 is 0 Å². The van der Waals surface area contributed by atoms with Gasteiger partial charge in [-0.25, -0.2) is 14.4 Å². The Morgan fingerprint density at radius 3 is 2.59 bits per heavy atom. The van der Waals surface area contributed by atoms with Crippen LogP contribution in [0.5, 0.6) is 5.75 Å². The van der Waals surface area contributed by atoms with Crippen molar-refractivity contribution in [2.75, 3.05) is 56.7 Å². The number of piperidine rings is 1. The molecular formula is C44H50ClFN8O8S. The van der Waals surface area contributed by atoms with E-state index >= 15 is 0 Å². The Balaban J connectivity index is 0.778. The largest absolute Gasteiger partial charge is 0.487 e. The van der Waals surface area contributed by atoms with Crippen LogP contribution in [0.15, 0.2) is 66.2 Å². The molecule has 0 bridgehead atoms. The van der Waals surface area contributed by atoms with Crippen LogP contribution >= 0.6 is 22.9 Å². The molecule has 7 rings (SSSR count). The highest BCUT2D eigenvalue weighted by atomic mass is 35.5. The summed E-state index contributed by atoms with van der Waals surface area (Å²) in [5.41, 5.74) is 1.72. The lowest BCUT2D eigenvalue weighted by molar-refractivity contribution is -0.137. The number of imide groups is 1. The number of nitrogens with zero attached hydrogens (tertiary/aromatic N) is 3. The second kappa shape index (κ2) is 21.7. The fourth-order valence-corrected chi connectivity index (χ4v) is 8.70. The number of ether oxygens (including phenoxy) is 3. The second-order valence-electron chi connectivity index (χ2n) is 15.6. The van der Waals surface area contributed by atoms with E-state index in [9.17, 15) is 28.4 Å². The molecule has 4 heterocycles. The molecule has 1 saturated heterocycles. The summed E-state index contributed by atoms with van der Waals surface area (Å²) in [7, 11) is 0. The normalized spacial score (nSPS) is 19.7. The van der Waals surface area contributed by atoms with Crippen LogP contribution in [0.25, 0.3) is 0 Å². The molecule has 4 aromatic rings. The van der Waals surface area contributed by atoms with E-state index in [1.54, 1.807) is 36.5 Å². The Kier molecular flexibility index (Phi) is 15.7. The summed E-state index contributed by atoms with van der Waals surface area (Å²) < 4.78 is 32.0. The molecule has 334 valence electrons. The molecule has 1 saturated carbocycles. The number of fused-ring (bicyclic) bond motifs is 1. The maximum atomic E-state index is 14.6. The van der Waals surface area contributed by atoms with Crippen LogP contribution in [0.4, 0.5) is 21.0 Å². The van der Waals surface area contributed by atoms with E-state index in [0.29, 0.717) is 101 Å². The lowest BCUT2D eigenvalue weighted by Crippen LogP contribution is -2.52. The lowest BCUT2D eigenvalue weighted by Gasteiger charge is -2.39. The number of pyridine rings is 1. The highest BCUT2D eigenvalue weighted by Gasteiger charge is 2.43. The van der Waals surface area contributed by atoms with Crippen molar-refractivity contribution < 1.29 is 42.6 Å². The van der Waals surface area contributed by atoms with E-state index in [1.807, 2.05) is 23.6 Å².